The normalized spacial score (nSPS) is 17.6. The number of hydrogen-bond acceptors (Lipinski definition) is 3. The summed E-state index contributed by atoms with van der Waals surface area (Å²) in [5, 5.41) is 11.7. The Bertz CT molecular complexity index is 1650. The molecule has 2 aromatic heterocycles. The fourth-order valence-electron chi connectivity index (χ4n) is 7.59. The quantitative estimate of drug-likeness (QED) is 0.229. The van der Waals surface area contributed by atoms with Gasteiger partial charge in [0.25, 0.3) is 5.91 Å². The molecule has 236 valence electrons. The van der Waals surface area contributed by atoms with Crippen molar-refractivity contribution in [3.8, 4) is 11.1 Å². The monoisotopic (exact) mass is 610 g/mol. The number of aromatic nitrogens is 3. The topological polar surface area (TPSA) is 83.7 Å². The van der Waals surface area contributed by atoms with E-state index in [1.54, 1.807) is 17.0 Å². The zero-order valence-corrected chi connectivity index (χ0v) is 25.9. The lowest BCUT2D eigenvalue weighted by atomic mass is 9.94. The molecule has 45 heavy (non-hydrogen) atoms. The van der Waals surface area contributed by atoms with Crippen LogP contribution in [0.3, 0.4) is 0 Å². The molecule has 3 amide bonds. The van der Waals surface area contributed by atoms with E-state index in [9.17, 15) is 14.0 Å². The van der Waals surface area contributed by atoms with Crippen LogP contribution in [0.5, 0.6) is 0 Å². The van der Waals surface area contributed by atoms with Crippen LogP contribution >= 0.6 is 0 Å². The van der Waals surface area contributed by atoms with Crippen LogP contribution in [0, 0.1) is 5.82 Å². The van der Waals surface area contributed by atoms with Crippen LogP contribution in [0.1, 0.15) is 98.9 Å². The average molecular weight is 611 g/mol. The van der Waals surface area contributed by atoms with E-state index in [-0.39, 0.29) is 36.4 Å². The first-order valence-corrected chi connectivity index (χ1v) is 16.9. The Balaban J connectivity index is 1.31. The van der Waals surface area contributed by atoms with Crippen molar-refractivity contribution in [2.24, 2.45) is 0 Å². The van der Waals surface area contributed by atoms with Crippen LogP contribution in [-0.4, -0.2) is 38.2 Å². The van der Waals surface area contributed by atoms with Crippen molar-refractivity contribution >= 4 is 23.3 Å². The largest absolute Gasteiger partial charge is 0.348 e. The molecular weight excluding hydrogens is 567 g/mol. The number of anilines is 1. The Morgan fingerprint density at radius 3 is 2.18 bits per heavy atom. The molecule has 2 N–H and O–H groups in total. The maximum atomic E-state index is 14.2. The van der Waals surface area contributed by atoms with Gasteiger partial charge in [0.1, 0.15) is 17.2 Å². The van der Waals surface area contributed by atoms with Gasteiger partial charge in [-0.1, -0.05) is 68.9 Å². The highest BCUT2D eigenvalue weighted by atomic mass is 19.1. The van der Waals surface area contributed by atoms with Gasteiger partial charge in [0, 0.05) is 35.4 Å². The zero-order valence-electron chi connectivity index (χ0n) is 25.9. The molecule has 2 aromatic carbocycles. The first kappa shape index (κ1) is 29.6. The third kappa shape index (κ3) is 6.09. The number of carbonyl (C=O) groups excluding carboxylic acids is 2. The highest BCUT2D eigenvalue weighted by Crippen LogP contribution is 2.37. The van der Waals surface area contributed by atoms with Crippen molar-refractivity contribution in [1.29, 1.82) is 0 Å². The molecule has 4 aromatic rings. The van der Waals surface area contributed by atoms with Crippen molar-refractivity contribution < 1.29 is 14.0 Å². The molecule has 0 spiro atoms. The van der Waals surface area contributed by atoms with E-state index in [1.165, 1.54) is 25.0 Å². The minimum atomic E-state index is -0.347. The summed E-state index contributed by atoms with van der Waals surface area (Å²) >= 11 is 0. The molecule has 1 aliphatic heterocycles. The van der Waals surface area contributed by atoms with Crippen molar-refractivity contribution in [1.82, 2.24) is 24.8 Å². The molecule has 0 bridgehead atoms. The molecule has 0 saturated heterocycles. The summed E-state index contributed by atoms with van der Waals surface area (Å²) in [6, 6.07) is 16.3. The lowest BCUT2D eigenvalue weighted by Crippen LogP contribution is -2.45. The number of nitrogens with zero attached hydrogens (tertiary/aromatic N) is 4. The molecule has 0 atom stereocenters. The van der Waals surface area contributed by atoms with E-state index < -0.39 is 0 Å². The van der Waals surface area contributed by atoms with E-state index in [4.69, 9.17) is 5.10 Å². The standard InChI is InChI=1S/C36H43FN6O2/c37-26-19-21-29(22-20-26)42(36(45)39-28-16-8-3-9-17-28)24-31-40-43-33(34(44)38-27-14-6-2-7-15-27)32(25-12-4-1-5-13-25)30-18-10-11-23-41(31)35(30)43/h1,4-5,12-13,19-22,27-28H,2-3,6-11,14-18,23-24H2,(H,38,44)(H,39,45). The van der Waals surface area contributed by atoms with E-state index in [2.05, 4.69) is 27.3 Å². The maximum Gasteiger partial charge on any atom is 0.322 e. The number of rotatable bonds is 7. The first-order valence-electron chi connectivity index (χ1n) is 16.9. The summed E-state index contributed by atoms with van der Waals surface area (Å²) in [5.41, 5.74) is 5.21. The SMILES string of the molecule is O=C(NC1CCCCC1)c1c(-c2ccccc2)c2c3n(c(CN(C(=O)NC4CCCCC4)c4ccc(F)cc4)nn13)CCCC2. The number of aryl methyl sites for hydroxylation is 2. The molecule has 9 heteroatoms. The number of amides is 3. The van der Waals surface area contributed by atoms with Gasteiger partial charge < -0.3 is 15.2 Å². The average Bonchev–Trinajstić information content (AvgIpc) is 3.47. The van der Waals surface area contributed by atoms with Crippen LogP contribution < -0.4 is 15.5 Å². The highest BCUT2D eigenvalue weighted by Gasteiger charge is 2.32. The third-order valence-electron chi connectivity index (χ3n) is 9.90. The Labute approximate surface area is 264 Å². The summed E-state index contributed by atoms with van der Waals surface area (Å²) in [4.78, 5) is 29.7. The van der Waals surface area contributed by atoms with Crippen LogP contribution in [0.4, 0.5) is 14.9 Å². The Morgan fingerprint density at radius 1 is 0.822 bits per heavy atom. The Hall–Kier alpha value is -4.14. The maximum absolute atomic E-state index is 14.2. The summed E-state index contributed by atoms with van der Waals surface area (Å²) in [5.74, 6) is 0.270. The summed E-state index contributed by atoms with van der Waals surface area (Å²) in [7, 11) is 0. The van der Waals surface area contributed by atoms with Crippen molar-refractivity contribution in [2.45, 2.75) is 109 Å². The molecule has 2 fully saturated rings. The van der Waals surface area contributed by atoms with Gasteiger partial charge in [-0.15, -0.1) is 0 Å². The third-order valence-corrected chi connectivity index (χ3v) is 9.90. The van der Waals surface area contributed by atoms with E-state index in [0.29, 0.717) is 17.2 Å². The zero-order chi connectivity index (χ0) is 30.8. The molecule has 8 nitrogen and oxygen atoms in total. The molecule has 0 radical (unpaired) electrons. The summed E-state index contributed by atoms with van der Waals surface area (Å²) < 4.78 is 18.0. The number of urea groups is 1. The predicted octanol–water partition coefficient (Wildman–Crippen LogP) is 7.39. The Morgan fingerprint density at radius 2 is 1.49 bits per heavy atom. The van der Waals surface area contributed by atoms with Crippen LogP contribution in [0.25, 0.3) is 16.8 Å². The Kier molecular flexibility index (Phi) is 8.59. The predicted molar refractivity (Wildman–Crippen MR) is 174 cm³/mol. The highest BCUT2D eigenvalue weighted by molar-refractivity contribution is 6.03. The summed E-state index contributed by atoms with van der Waals surface area (Å²) in [6.07, 6.45) is 13.6. The second kappa shape index (κ2) is 13.1. The van der Waals surface area contributed by atoms with Gasteiger partial charge in [-0.3, -0.25) is 9.69 Å². The van der Waals surface area contributed by atoms with Gasteiger partial charge in [-0.05, 0) is 74.8 Å². The van der Waals surface area contributed by atoms with Gasteiger partial charge in [0.05, 0.1) is 6.54 Å². The van der Waals surface area contributed by atoms with E-state index >= 15 is 0 Å². The smallest absolute Gasteiger partial charge is 0.322 e. The molecule has 3 heterocycles. The number of nitrogens with one attached hydrogen (secondary N) is 2. The number of carbonyl (C=O) groups is 2. The van der Waals surface area contributed by atoms with Crippen LogP contribution in [0.2, 0.25) is 0 Å². The second-order valence-corrected chi connectivity index (χ2v) is 13.0. The summed E-state index contributed by atoms with van der Waals surface area (Å²) in [6.45, 7) is 0.949. The number of hydrogen-bond donors (Lipinski definition) is 2. The number of halogens is 1. The first-order chi connectivity index (χ1) is 22.1. The fourth-order valence-corrected chi connectivity index (χ4v) is 7.59. The molecule has 0 unspecified atom stereocenters. The second-order valence-electron chi connectivity index (χ2n) is 13.0. The van der Waals surface area contributed by atoms with Gasteiger partial charge in [0.2, 0.25) is 0 Å². The van der Waals surface area contributed by atoms with E-state index in [0.717, 1.165) is 99.5 Å². The molecule has 3 aliphatic rings. The number of benzene rings is 2. The minimum Gasteiger partial charge on any atom is -0.348 e. The fraction of sp³-hybridized carbons (Fsp3) is 0.472. The van der Waals surface area contributed by atoms with Gasteiger partial charge in [-0.25, -0.2) is 13.7 Å². The molecular formula is C36H43FN6O2. The van der Waals surface area contributed by atoms with Gasteiger partial charge >= 0.3 is 6.03 Å². The van der Waals surface area contributed by atoms with Crippen molar-refractivity contribution in [2.75, 3.05) is 4.90 Å². The van der Waals surface area contributed by atoms with Crippen molar-refractivity contribution in [3.05, 3.63) is 77.5 Å². The molecule has 7 rings (SSSR count). The van der Waals surface area contributed by atoms with Gasteiger partial charge in [-0.2, -0.15) is 5.10 Å². The lowest BCUT2D eigenvalue weighted by Gasteiger charge is -2.28. The molecule has 2 saturated carbocycles. The van der Waals surface area contributed by atoms with Gasteiger partial charge in [0.15, 0.2) is 5.82 Å². The lowest BCUT2D eigenvalue weighted by molar-refractivity contribution is 0.0921. The van der Waals surface area contributed by atoms with Crippen LogP contribution in [-0.2, 0) is 19.5 Å². The van der Waals surface area contributed by atoms with E-state index in [1.807, 2.05) is 22.7 Å². The minimum absolute atomic E-state index is 0.0933. The van der Waals surface area contributed by atoms with Crippen LogP contribution in [0.15, 0.2) is 54.6 Å². The van der Waals surface area contributed by atoms with Crippen molar-refractivity contribution in [3.63, 3.8) is 0 Å². The molecule has 2 aliphatic carbocycles.